The number of esters is 1. The molecule has 0 unspecified atom stereocenters. The van der Waals surface area contributed by atoms with E-state index in [0.717, 1.165) is 10.8 Å². The molecule has 2 fully saturated rings. The van der Waals surface area contributed by atoms with Gasteiger partial charge in [-0.05, 0) is 41.8 Å². The Morgan fingerprint density at radius 2 is 1.74 bits per heavy atom. The molecule has 0 radical (unpaired) electrons. The number of methoxy groups -OCH3 is 1. The summed E-state index contributed by atoms with van der Waals surface area (Å²) < 4.78 is 18.3. The maximum atomic E-state index is 15.0. The number of amides is 3. The Labute approximate surface area is 290 Å². The van der Waals surface area contributed by atoms with Gasteiger partial charge in [0.25, 0.3) is 5.91 Å². The van der Waals surface area contributed by atoms with Crippen molar-refractivity contribution in [3.63, 3.8) is 0 Å². The summed E-state index contributed by atoms with van der Waals surface area (Å²) in [5, 5.41) is 15.3. The number of cyclic esters (lactones) is 1. The zero-order chi connectivity index (χ0) is 35.0. The Balaban J connectivity index is 1.34. The van der Waals surface area contributed by atoms with Gasteiger partial charge in [0.15, 0.2) is 0 Å². The van der Waals surface area contributed by atoms with E-state index in [2.05, 4.69) is 5.32 Å². The van der Waals surface area contributed by atoms with Gasteiger partial charge in [0, 0.05) is 25.8 Å². The van der Waals surface area contributed by atoms with Crippen molar-refractivity contribution < 1.29 is 38.5 Å². The van der Waals surface area contributed by atoms with Gasteiger partial charge in [-0.25, -0.2) is 0 Å². The predicted molar refractivity (Wildman–Crippen MR) is 185 cm³/mol. The molecule has 8 atom stereocenters. The average molecular weight is 680 g/mol. The van der Waals surface area contributed by atoms with Crippen LogP contribution in [0.3, 0.4) is 0 Å². The summed E-state index contributed by atoms with van der Waals surface area (Å²) in [5.74, 6) is -3.98. The van der Waals surface area contributed by atoms with Gasteiger partial charge in [0.05, 0.1) is 37.3 Å². The summed E-state index contributed by atoms with van der Waals surface area (Å²) in [7, 11) is 1.51. The minimum Gasteiger partial charge on any atom is -0.455 e. The zero-order valence-electron chi connectivity index (χ0n) is 28.0. The molecule has 3 amide bonds. The smallest absolute Gasteiger partial charge is 0.313 e. The third-order valence-corrected chi connectivity index (χ3v) is 10.3. The molecule has 4 heterocycles. The van der Waals surface area contributed by atoms with E-state index in [1.807, 2.05) is 72.8 Å². The predicted octanol–water partition coefficient (Wildman–Crippen LogP) is 3.47. The van der Waals surface area contributed by atoms with E-state index in [1.54, 1.807) is 36.1 Å². The molecule has 0 aromatic heterocycles. The quantitative estimate of drug-likeness (QED) is 0.299. The van der Waals surface area contributed by atoms with Gasteiger partial charge in [-0.2, -0.15) is 0 Å². The highest BCUT2D eigenvalue weighted by Gasteiger charge is 2.74. The van der Waals surface area contributed by atoms with Crippen LogP contribution in [0.1, 0.15) is 31.4 Å². The van der Waals surface area contributed by atoms with E-state index < -0.39 is 72.2 Å². The molecule has 4 aliphatic heterocycles. The fourth-order valence-corrected chi connectivity index (χ4v) is 7.94. The van der Waals surface area contributed by atoms with Crippen LogP contribution in [0.4, 0.5) is 5.69 Å². The summed E-state index contributed by atoms with van der Waals surface area (Å²) >= 11 is 0. The second kappa shape index (κ2) is 13.8. The molecule has 5 bridgehead atoms. The van der Waals surface area contributed by atoms with Gasteiger partial charge >= 0.3 is 5.97 Å². The molecule has 11 nitrogen and oxygen atoms in total. The van der Waals surface area contributed by atoms with Crippen molar-refractivity contribution in [3.8, 4) is 0 Å². The second-order valence-electron chi connectivity index (χ2n) is 13.4. The first kappa shape index (κ1) is 33.6. The Bertz CT molecular complexity index is 1850. The normalized spacial score (nSPS) is 31.1. The number of likely N-dealkylation sites (tertiary alicyclic amines) is 1. The molecule has 2 N–H and O–H groups in total. The molecule has 3 aromatic carbocycles. The molecule has 260 valence electrons. The number of nitrogens with zero attached hydrogens (tertiary/aromatic N) is 2. The Morgan fingerprint density at radius 3 is 2.50 bits per heavy atom. The number of aliphatic hydroxyl groups is 1. The van der Waals surface area contributed by atoms with Crippen molar-refractivity contribution in [1.29, 1.82) is 0 Å². The number of ether oxygens (including phenoxy) is 3. The first-order valence-electron chi connectivity index (χ1n) is 17.1. The minimum atomic E-state index is -1.47. The van der Waals surface area contributed by atoms with Crippen molar-refractivity contribution in [2.24, 2.45) is 11.8 Å². The minimum absolute atomic E-state index is 0.0598. The lowest BCUT2D eigenvalue weighted by Gasteiger charge is -2.37. The summed E-state index contributed by atoms with van der Waals surface area (Å²) in [6.07, 6.45) is 5.93. The van der Waals surface area contributed by atoms with E-state index in [4.69, 9.17) is 14.2 Å². The van der Waals surface area contributed by atoms with Gasteiger partial charge in [0.2, 0.25) is 11.8 Å². The Morgan fingerprint density at radius 1 is 0.980 bits per heavy atom. The monoisotopic (exact) mass is 679 g/mol. The van der Waals surface area contributed by atoms with Crippen LogP contribution < -0.4 is 10.2 Å². The standard InChI is InChI=1S/C39H41N3O8/c1-24(22-43)42-35-37(46)41(28-17-16-25-11-8-9-14-27(25)21-28)20-10-4-7-15-31(44)40-29(23-48-2)34(26-12-5-3-6-13-26)49-38(47)32-30-18-19-39(35,50-30)33(32)36(42)45/h3-6,8-14,16-19,21,24,29-30,32-35,43H,7,15,20,22-23H2,1-2H3,(H,40,44)/b10-4-/t24-,29+,30-,32+,33+,34+,35-,39+/m1/s1. The largest absolute Gasteiger partial charge is 0.455 e. The number of nitrogens with one attached hydrogen (secondary N) is 1. The third-order valence-electron chi connectivity index (χ3n) is 10.3. The van der Waals surface area contributed by atoms with Gasteiger partial charge in [-0.1, -0.05) is 85.0 Å². The van der Waals surface area contributed by atoms with Gasteiger partial charge < -0.3 is 34.4 Å². The fraction of sp³-hybridized carbons (Fsp3) is 0.385. The van der Waals surface area contributed by atoms with Crippen molar-refractivity contribution >= 4 is 40.2 Å². The summed E-state index contributed by atoms with van der Waals surface area (Å²) in [6, 6.07) is 20.0. The molecule has 11 heteroatoms. The van der Waals surface area contributed by atoms with Crippen LogP contribution in [-0.4, -0.2) is 90.4 Å². The van der Waals surface area contributed by atoms with Crippen molar-refractivity contribution in [1.82, 2.24) is 10.2 Å². The van der Waals surface area contributed by atoms with Gasteiger partial charge in [-0.3, -0.25) is 19.2 Å². The first-order chi connectivity index (χ1) is 24.3. The summed E-state index contributed by atoms with van der Waals surface area (Å²) in [6.45, 7) is 1.48. The number of carbonyl (C=O) groups is 4. The molecule has 7 rings (SSSR count). The lowest BCUT2D eigenvalue weighted by Crippen LogP contribution is -2.58. The molecular formula is C39H41N3O8. The SMILES string of the molecule is COC[C@@H]1NC(=O)CC/C=C\CN(c2ccc3ccccc3c2)C(=O)[C@H]2N([C@H](C)CO)C(=O)[C@@H]3[C@@H](C(=O)O[C@H]1c1ccccc1)[C@H]1C=C[C@]32O1. The van der Waals surface area contributed by atoms with E-state index in [1.165, 1.54) is 12.0 Å². The number of hydrogen-bond donors (Lipinski definition) is 2. The topological polar surface area (TPSA) is 135 Å². The number of aliphatic hydroxyl groups excluding tert-OH is 1. The number of benzene rings is 3. The average Bonchev–Trinajstić information content (AvgIpc) is 3.78. The second-order valence-corrected chi connectivity index (χ2v) is 13.4. The van der Waals surface area contributed by atoms with Gasteiger partial charge in [0.1, 0.15) is 23.7 Å². The molecule has 0 aliphatic carbocycles. The number of allylic oxidation sites excluding steroid dienone is 1. The van der Waals surface area contributed by atoms with Crippen molar-refractivity contribution in [3.05, 3.63) is 103 Å². The van der Waals surface area contributed by atoms with Crippen molar-refractivity contribution in [2.75, 3.05) is 31.8 Å². The molecule has 1 spiro atoms. The molecule has 0 saturated carbocycles. The fourth-order valence-electron chi connectivity index (χ4n) is 7.94. The third kappa shape index (κ3) is 5.78. The molecular weight excluding hydrogens is 638 g/mol. The van der Waals surface area contributed by atoms with Gasteiger partial charge in [-0.15, -0.1) is 0 Å². The maximum Gasteiger partial charge on any atom is 0.313 e. The molecule has 2 saturated heterocycles. The van der Waals surface area contributed by atoms with Crippen LogP contribution in [0.2, 0.25) is 0 Å². The highest BCUT2D eigenvalue weighted by Crippen LogP contribution is 2.56. The van der Waals surface area contributed by atoms with Crippen LogP contribution in [0, 0.1) is 11.8 Å². The van der Waals surface area contributed by atoms with Crippen LogP contribution in [0.25, 0.3) is 10.8 Å². The lowest BCUT2D eigenvalue weighted by atomic mass is 9.74. The van der Waals surface area contributed by atoms with E-state index >= 15 is 4.79 Å². The van der Waals surface area contributed by atoms with Crippen LogP contribution in [0.15, 0.2) is 97.1 Å². The zero-order valence-corrected chi connectivity index (χ0v) is 28.0. The number of hydrogen-bond acceptors (Lipinski definition) is 8. The molecule has 50 heavy (non-hydrogen) atoms. The van der Waals surface area contributed by atoms with E-state index in [9.17, 15) is 19.5 Å². The van der Waals surface area contributed by atoms with Crippen LogP contribution in [-0.2, 0) is 33.4 Å². The first-order valence-corrected chi connectivity index (χ1v) is 17.1. The van der Waals surface area contributed by atoms with E-state index in [0.29, 0.717) is 17.7 Å². The van der Waals surface area contributed by atoms with Crippen molar-refractivity contribution in [2.45, 2.75) is 55.7 Å². The number of rotatable bonds is 6. The summed E-state index contributed by atoms with van der Waals surface area (Å²) in [4.78, 5) is 60.2. The number of anilines is 1. The van der Waals surface area contributed by atoms with E-state index in [-0.39, 0.29) is 25.5 Å². The summed E-state index contributed by atoms with van der Waals surface area (Å²) in [5.41, 5.74) is -0.220. The molecule has 3 aromatic rings. The lowest BCUT2D eigenvalue weighted by molar-refractivity contribution is -0.162. The van der Waals surface area contributed by atoms with Crippen LogP contribution >= 0.6 is 0 Å². The van der Waals surface area contributed by atoms with Crippen LogP contribution in [0.5, 0.6) is 0 Å². The maximum absolute atomic E-state index is 15.0. The number of fused-ring (bicyclic) bond motifs is 3. The Hall–Kier alpha value is -4.84. The highest BCUT2D eigenvalue weighted by atomic mass is 16.6. The highest BCUT2D eigenvalue weighted by molar-refractivity contribution is 6.06. The molecule has 4 aliphatic rings. The Kier molecular flexibility index (Phi) is 9.30. The number of carbonyl (C=O) groups excluding carboxylic acids is 4.